The Bertz CT molecular complexity index is 715. The first kappa shape index (κ1) is 19.2. The summed E-state index contributed by atoms with van der Waals surface area (Å²) in [6.45, 7) is 2.77. The third kappa shape index (κ3) is 5.45. The summed E-state index contributed by atoms with van der Waals surface area (Å²) < 4.78 is 26.6. The van der Waals surface area contributed by atoms with Crippen molar-refractivity contribution in [3.8, 4) is 0 Å². The molecule has 0 amide bonds. The number of benzene rings is 1. The average molecular weight is 367 g/mol. The van der Waals surface area contributed by atoms with E-state index in [0.29, 0.717) is 19.0 Å². The van der Waals surface area contributed by atoms with Gasteiger partial charge in [-0.1, -0.05) is 12.1 Å². The molecule has 25 heavy (non-hydrogen) atoms. The summed E-state index contributed by atoms with van der Waals surface area (Å²) in [6.07, 6.45) is 4.67. The van der Waals surface area contributed by atoms with E-state index in [1.54, 1.807) is 11.8 Å². The molecule has 0 aliphatic rings. The lowest BCUT2D eigenvalue weighted by atomic mass is 10.1. The summed E-state index contributed by atoms with van der Waals surface area (Å²) in [5, 5.41) is 6.17. The standard InChI is InChI=1S/C17H23F2N5S/c1-4-20-17(23-11-15-21-7-8-24(15)16(18)19)22-10-13-6-5-12(2)9-14(13)25-3/h5-9,16H,4,10-11H2,1-3H3,(H2,20,22,23). The van der Waals surface area contributed by atoms with Crippen molar-refractivity contribution in [3.63, 3.8) is 0 Å². The van der Waals surface area contributed by atoms with Crippen molar-refractivity contribution < 1.29 is 8.78 Å². The minimum absolute atomic E-state index is 0.173. The number of aryl methyl sites for hydroxylation is 1. The number of aromatic nitrogens is 2. The van der Waals surface area contributed by atoms with Crippen LogP contribution in [-0.2, 0) is 13.1 Å². The minimum Gasteiger partial charge on any atom is -0.357 e. The lowest BCUT2D eigenvalue weighted by Gasteiger charge is -2.13. The zero-order chi connectivity index (χ0) is 18.2. The maximum Gasteiger partial charge on any atom is 0.319 e. The van der Waals surface area contributed by atoms with Gasteiger partial charge >= 0.3 is 6.55 Å². The molecule has 0 saturated heterocycles. The Morgan fingerprint density at radius 1 is 1.36 bits per heavy atom. The third-order valence-corrected chi connectivity index (χ3v) is 4.39. The molecule has 0 aliphatic carbocycles. The molecule has 8 heteroatoms. The normalized spacial score (nSPS) is 11.8. The second-order valence-electron chi connectivity index (χ2n) is 5.39. The summed E-state index contributed by atoms with van der Waals surface area (Å²) in [5.41, 5.74) is 2.34. The van der Waals surface area contributed by atoms with Crippen molar-refractivity contribution in [3.05, 3.63) is 47.5 Å². The Morgan fingerprint density at radius 2 is 2.16 bits per heavy atom. The fourth-order valence-corrected chi connectivity index (χ4v) is 3.01. The van der Waals surface area contributed by atoms with Crippen molar-refractivity contribution >= 4 is 17.7 Å². The van der Waals surface area contributed by atoms with Crippen LogP contribution < -0.4 is 10.6 Å². The van der Waals surface area contributed by atoms with Gasteiger partial charge in [0.1, 0.15) is 5.82 Å². The van der Waals surface area contributed by atoms with Gasteiger partial charge in [-0.3, -0.25) is 4.57 Å². The molecule has 2 aromatic rings. The lowest BCUT2D eigenvalue weighted by molar-refractivity contribution is 0.0668. The molecule has 5 nitrogen and oxygen atoms in total. The van der Waals surface area contributed by atoms with Crippen LogP contribution in [0.3, 0.4) is 0 Å². The Hall–Kier alpha value is -2.09. The Kier molecular flexibility index (Phi) is 7.24. The van der Waals surface area contributed by atoms with Crippen molar-refractivity contribution in [1.29, 1.82) is 0 Å². The molecule has 0 aliphatic heterocycles. The number of hydrogen-bond donors (Lipinski definition) is 2. The maximum absolute atomic E-state index is 12.9. The molecule has 0 bridgehead atoms. The predicted octanol–water partition coefficient (Wildman–Crippen LogP) is 3.56. The van der Waals surface area contributed by atoms with Crippen LogP contribution in [0.1, 0.15) is 30.4 Å². The number of guanidine groups is 1. The van der Waals surface area contributed by atoms with Crippen molar-refractivity contribution in [2.45, 2.75) is 38.4 Å². The van der Waals surface area contributed by atoms with Crippen LogP contribution in [-0.4, -0.2) is 28.3 Å². The van der Waals surface area contributed by atoms with Gasteiger partial charge in [0.05, 0.1) is 13.1 Å². The first-order valence-electron chi connectivity index (χ1n) is 8.00. The number of rotatable bonds is 7. The van der Waals surface area contributed by atoms with Crippen LogP contribution in [0, 0.1) is 6.92 Å². The van der Waals surface area contributed by atoms with Crippen LogP contribution in [0.25, 0.3) is 0 Å². The fraction of sp³-hybridized carbons (Fsp3) is 0.412. The second-order valence-corrected chi connectivity index (χ2v) is 6.24. The summed E-state index contributed by atoms with van der Waals surface area (Å²) in [5.74, 6) is 0.833. The molecule has 2 N–H and O–H groups in total. The quantitative estimate of drug-likeness (QED) is 0.446. The number of halogens is 2. The summed E-state index contributed by atoms with van der Waals surface area (Å²) in [4.78, 5) is 9.70. The summed E-state index contributed by atoms with van der Waals surface area (Å²) in [7, 11) is 0. The second kappa shape index (κ2) is 9.41. The van der Waals surface area contributed by atoms with E-state index in [2.05, 4.69) is 45.7 Å². The molecule has 2 rings (SSSR count). The average Bonchev–Trinajstić information content (AvgIpc) is 3.07. The first-order chi connectivity index (χ1) is 12.0. The van der Waals surface area contributed by atoms with Crippen LogP contribution in [0.5, 0.6) is 0 Å². The zero-order valence-electron chi connectivity index (χ0n) is 14.6. The van der Waals surface area contributed by atoms with Crippen molar-refractivity contribution in [1.82, 2.24) is 20.2 Å². The minimum atomic E-state index is -2.60. The Balaban J connectivity index is 2.07. The zero-order valence-corrected chi connectivity index (χ0v) is 15.4. The largest absolute Gasteiger partial charge is 0.357 e. The molecule has 0 radical (unpaired) electrons. The van der Waals surface area contributed by atoms with E-state index in [9.17, 15) is 8.78 Å². The topological polar surface area (TPSA) is 54.2 Å². The number of alkyl halides is 2. The summed E-state index contributed by atoms with van der Waals surface area (Å²) >= 11 is 1.68. The third-order valence-electron chi connectivity index (χ3n) is 3.57. The lowest BCUT2D eigenvalue weighted by Crippen LogP contribution is -2.37. The van der Waals surface area contributed by atoms with Gasteiger partial charge in [-0.05, 0) is 37.3 Å². The highest BCUT2D eigenvalue weighted by Crippen LogP contribution is 2.22. The number of imidazole rings is 1. The molecule has 0 atom stereocenters. The fourth-order valence-electron chi connectivity index (χ4n) is 2.31. The number of nitrogens with zero attached hydrogens (tertiary/aromatic N) is 3. The van der Waals surface area contributed by atoms with Gasteiger partial charge < -0.3 is 10.6 Å². The van der Waals surface area contributed by atoms with E-state index in [-0.39, 0.29) is 12.4 Å². The molecule has 0 fully saturated rings. The molecule has 1 aromatic heterocycles. The molecular formula is C17H23F2N5S. The van der Waals surface area contributed by atoms with Gasteiger partial charge in [0.15, 0.2) is 5.96 Å². The first-order valence-corrected chi connectivity index (χ1v) is 9.23. The molecule has 136 valence electrons. The van der Waals surface area contributed by atoms with E-state index in [1.165, 1.54) is 22.9 Å². The highest BCUT2D eigenvalue weighted by molar-refractivity contribution is 7.98. The van der Waals surface area contributed by atoms with Crippen LogP contribution in [0.2, 0.25) is 0 Å². The van der Waals surface area contributed by atoms with Crippen LogP contribution in [0.15, 0.2) is 40.5 Å². The van der Waals surface area contributed by atoms with E-state index in [4.69, 9.17) is 0 Å². The monoisotopic (exact) mass is 367 g/mol. The molecule has 0 spiro atoms. The number of aliphatic imine (C=N–C) groups is 1. The molecule has 1 heterocycles. The van der Waals surface area contributed by atoms with Gasteiger partial charge in [0.2, 0.25) is 0 Å². The van der Waals surface area contributed by atoms with E-state index in [0.717, 1.165) is 10.1 Å². The van der Waals surface area contributed by atoms with E-state index in [1.807, 2.05) is 13.2 Å². The number of hydrogen-bond acceptors (Lipinski definition) is 3. The highest BCUT2D eigenvalue weighted by atomic mass is 32.2. The van der Waals surface area contributed by atoms with Gasteiger partial charge in [-0.2, -0.15) is 8.78 Å². The van der Waals surface area contributed by atoms with Gasteiger partial charge in [-0.15, -0.1) is 11.8 Å². The molecule has 0 unspecified atom stereocenters. The number of nitrogens with one attached hydrogen (secondary N) is 2. The Labute approximate surface area is 150 Å². The van der Waals surface area contributed by atoms with Crippen LogP contribution >= 0.6 is 11.8 Å². The maximum atomic E-state index is 12.9. The van der Waals surface area contributed by atoms with Gasteiger partial charge in [0, 0.05) is 23.8 Å². The van der Waals surface area contributed by atoms with Crippen LogP contribution in [0.4, 0.5) is 8.78 Å². The highest BCUT2D eigenvalue weighted by Gasteiger charge is 2.11. The smallest absolute Gasteiger partial charge is 0.319 e. The van der Waals surface area contributed by atoms with E-state index >= 15 is 0 Å². The molecular weight excluding hydrogens is 344 g/mol. The molecule has 1 aromatic carbocycles. The molecule has 0 saturated carbocycles. The van der Waals surface area contributed by atoms with Gasteiger partial charge in [-0.25, -0.2) is 9.98 Å². The summed E-state index contributed by atoms with van der Waals surface area (Å²) in [6, 6.07) is 6.26. The number of thioether (sulfide) groups is 1. The SMILES string of the molecule is CCNC(=NCc1ccc(C)cc1SC)NCc1nccn1C(F)F. The van der Waals surface area contributed by atoms with Gasteiger partial charge in [0.25, 0.3) is 0 Å². The van der Waals surface area contributed by atoms with Crippen molar-refractivity contribution in [2.75, 3.05) is 12.8 Å². The van der Waals surface area contributed by atoms with E-state index < -0.39 is 6.55 Å². The van der Waals surface area contributed by atoms with Crippen molar-refractivity contribution in [2.24, 2.45) is 4.99 Å². The predicted molar refractivity (Wildman–Crippen MR) is 98.1 cm³/mol. The Morgan fingerprint density at radius 3 is 2.84 bits per heavy atom.